The zero-order chi connectivity index (χ0) is 27.4. The van der Waals surface area contributed by atoms with Crippen molar-refractivity contribution in [2.45, 2.75) is 17.7 Å². The molecule has 1 fully saturated rings. The number of carbonyl (C=O) groups excluding carboxylic acids is 1. The molecule has 2 aliphatic rings. The van der Waals surface area contributed by atoms with Crippen molar-refractivity contribution in [1.29, 1.82) is 0 Å². The van der Waals surface area contributed by atoms with Crippen molar-refractivity contribution in [1.82, 2.24) is 19.1 Å². The molecule has 0 spiro atoms. The maximum Gasteiger partial charge on any atom is 0.243 e. The maximum atomic E-state index is 14.1. The first kappa shape index (κ1) is 25.2. The number of Topliss-reactive ketones (excluding diaryl/α,β-unsaturated/α-hetero) is 1. The zero-order valence-corrected chi connectivity index (χ0v) is 21.2. The number of aromatic nitrogens is 3. The molecule has 0 saturated carbocycles. The lowest BCUT2D eigenvalue weighted by atomic mass is 9.65. The van der Waals surface area contributed by atoms with E-state index in [1.54, 1.807) is 41.2 Å². The van der Waals surface area contributed by atoms with Gasteiger partial charge in [0, 0.05) is 19.3 Å². The van der Waals surface area contributed by atoms with Crippen LogP contribution in [0.15, 0.2) is 83.5 Å². The largest absolute Gasteiger partial charge is 0.291 e. The third-order valence-electron chi connectivity index (χ3n) is 7.31. The Balaban J connectivity index is 1.45. The number of hydrogen-bond donors (Lipinski definition) is 0. The number of fused-ring (bicyclic) bond motifs is 2. The van der Waals surface area contributed by atoms with Gasteiger partial charge in [0.2, 0.25) is 10.0 Å². The Hall–Kier alpha value is -4.09. The van der Waals surface area contributed by atoms with Crippen LogP contribution in [0.5, 0.6) is 0 Å². The predicted octanol–water partition coefficient (Wildman–Crippen LogP) is 4.59. The quantitative estimate of drug-likeness (QED) is 0.340. The molecule has 1 aliphatic heterocycles. The number of pyridine rings is 1. The Morgan fingerprint density at radius 1 is 0.974 bits per heavy atom. The van der Waals surface area contributed by atoms with Crippen LogP contribution in [-0.2, 0) is 16.4 Å². The van der Waals surface area contributed by atoms with Crippen LogP contribution >= 0.6 is 0 Å². The molecule has 0 bridgehead atoms. The molecule has 198 valence electrons. The van der Waals surface area contributed by atoms with Gasteiger partial charge in [0.25, 0.3) is 0 Å². The Morgan fingerprint density at radius 3 is 2.49 bits per heavy atom. The molecule has 0 radical (unpaired) electrons. The summed E-state index contributed by atoms with van der Waals surface area (Å²) in [5, 5.41) is 4.47. The average Bonchev–Trinajstić information content (AvgIpc) is 3.35. The number of sulfonamides is 1. The fraction of sp³-hybridized carbons (Fsp3) is 0.179. The molecule has 2 aromatic carbocycles. The van der Waals surface area contributed by atoms with Gasteiger partial charge in [0.1, 0.15) is 11.5 Å². The van der Waals surface area contributed by atoms with Crippen LogP contribution in [0.3, 0.4) is 0 Å². The Kier molecular flexibility index (Phi) is 6.00. The van der Waals surface area contributed by atoms with Gasteiger partial charge < -0.3 is 0 Å². The van der Waals surface area contributed by atoms with E-state index in [2.05, 4.69) is 10.1 Å². The lowest BCUT2D eigenvalue weighted by molar-refractivity contribution is 0.0770. The predicted molar refractivity (Wildman–Crippen MR) is 136 cm³/mol. The smallest absolute Gasteiger partial charge is 0.243 e. The summed E-state index contributed by atoms with van der Waals surface area (Å²) in [5.74, 6) is -3.16. The molecule has 0 amide bonds. The van der Waals surface area contributed by atoms with Crippen molar-refractivity contribution in [3.63, 3.8) is 0 Å². The number of ketones is 1. The molecule has 0 N–H and O–H groups in total. The van der Waals surface area contributed by atoms with E-state index in [9.17, 15) is 26.4 Å². The van der Waals surface area contributed by atoms with E-state index >= 15 is 0 Å². The van der Waals surface area contributed by atoms with Gasteiger partial charge in [-0.05, 0) is 79.1 Å². The van der Waals surface area contributed by atoms with Gasteiger partial charge in [-0.25, -0.2) is 26.3 Å². The molecule has 1 aliphatic carbocycles. The molecule has 1 unspecified atom stereocenters. The molecule has 3 heterocycles. The van der Waals surface area contributed by atoms with Crippen molar-refractivity contribution in [2.24, 2.45) is 5.41 Å². The maximum absolute atomic E-state index is 14.1. The molecule has 4 aromatic rings. The first-order chi connectivity index (χ1) is 18.7. The second-order valence-electron chi connectivity index (χ2n) is 9.58. The molecule has 6 rings (SSSR count). The van der Waals surface area contributed by atoms with Gasteiger partial charge in [-0.2, -0.15) is 9.40 Å². The van der Waals surface area contributed by atoms with E-state index in [0.717, 1.165) is 22.1 Å². The van der Waals surface area contributed by atoms with Crippen molar-refractivity contribution in [3.05, 3.63) is 113 Å². The molecule has 7 nitrogen and oxygen atoms in total. The normalized spacial score (nSPS) is 19.2. The average molecular weight is 551 g/mol. The summed E-state index contributed by atoms with van der Waals surface area (Å²) in [6.45, 7) is -0.179. The Bertz CT molecular complexity index is 1740. The first-order valence-corrected chi connectivity index (χ1v) is 13.6. The van der Waals surface area contributed by atoms with Crippen LogP contribution in [0.1, 0.15) is 28.2 Å². The number of nitrogens with zero attached hydrogens (tertiary/aromatic N) is 4. The van der Waals surface area contributed by atoms with Crippen LogP contribution in [0.25, 0.3) is 11.8 Å². The molecule has 11 heteroatoms. The van der Waals surface area contributed by atoms with Crippen molar-refractivity contribution in [3.8, 4) is 5.69 Å². The van der Waals surface area contributed by atoms with Crippen molar-refractivity contribution >= 4 is 21.9 Å². The monoisotopic (exact) mass is 550 g/mol. The number of carbonyl (C=O) groups is 1. The van der Waals surface area contributed by atoms with Gasteiger partial charge in [0.05, 0.1) is 27.9 Å². The van der Waals surface area contributed by atoms with E-state index < -0.39 is 32.0 Å². The van der Waals surface area contributed by atoms with Crippen molar-refractivity contribution < 1.29 is 26.4 Å². The van der Waals surface area contributed by atoms with Crippen molar-refractivity contribution in [2.75, 3.05) is 13.1 Å². The summed E-state index contributed by atoms with van der Waals surface area (Å²) in [5.41, 5.74) is 1.67. The molecular weight excluding hydrogens is 529 g/mol. The second kappa shape index (κ2) is 9.28. The number of hydrogen-bond acceptors (Lipinski definition) is 5. The van der Waals surface area contributed by atoms with Gasteiger partial charge in [-0.15, -0.1) is 0 Å². The second-order valence-corrected chi connectivity index (χ2v) is 11.5. The van der Waals surface area contributed by atoms with Crippen LogP contribution in [0.2, 0.25) is 0 Å². The van der Waals surface area contributed by atoms with E-state index in [-0.39, 0.29) is 43.2 Å². The van der Waals surface area contributed by atoms with Crippen LogP contribution in [0, 0.1) is 22.9 Å². The van der Waals surface area contributed by atoms with E-state index in [1.807, 2.05) is 6.08 Å². The number of piperidine rings is 1. The first-order valence-electron chi connectivity index (χ1n) is 12.1. The molecular formula is C28H21F3N4O3S. The number of rotatable bonds is 5. The third-order valence-corrected chi connectivity index (χ3v) is 9.15. The lowest BCUT2D eigenvalue weighted by Gasteiger charge is -2.44. The minimum atomic E-state index is -4.25. The van der Waals surface area contributed by atoms with Gasteiger partial charge in [0.15, 0.2) is 17.4 Å². The third kappa shape index (κ3) is 4.18. The number of benzene rings is 2. The summed E-state index contributed by atoms with van der Waals surface area (Å²) in [7, 11) is -4.25. The minimum absolute atomic E-state index is 0.0322. The highest BCUT2D eigenvalue weighted by molar-refractivity contribution is 7.89. The minimum Gasteiger partial charge on any atom is -0.291 e. The Morgan fingerprint density at radius 2 is 1.77 bits per heavy atom. The fourth-order valence-electron chi connectivity index (χ4n) is 5.34. The summed E-state index contributed by atoms with van der Waals surface area (Å²) in [6.07, 6.45) is 5.32. The number of halogens is 3. The summed E-state index contributed by atoms with van der Waals surface area (Å²) < 4.78 is 70.8. The standard InChI is InChI=1S/C28H21F3N4O3S/c29-20-4-6-21(7-5-20)35-26-13-19-10-12-34(39(37,38)22-8-9-23(30)24(31)14-22)17-28(19,15-18(26)16-33-35)27(36)25-3-1-2-11-32-25/h1-9,11,13-14,16H,10,12,15,17H2. The SMILES string of the molecule is O=C(c1ccccn1)C12Cc3cnn(-c4ccc(F)cc4)c3C=C1CCN(S(=O)(=O)c1ccc(F)c(F)c1)C2. The topological polar surface area (TPSA) is 85.2 Å². The molecule has 1 saturated heterocycles. The summed E-state index contributed by atoms with van der Waals surface area (Å²) in [4.78, 5) is 17.9. The highest BCUT2D eigenvalue weighted by atomic mass is 32.2. The van der Waals surface area contributed by atoms with E-state index in [1.165, 1.54) is 18.3 Å². The van der Waals surface area contributed by atoms with Gasteiger partial charge in [-0.3, -0.25) is 9.78 Å². The van der Waals surface area contributed by atoms with Gasteiger partial charge >= 0.3 is 0 Å². The molecule has 39 heavy (non-hydrogen) atoms. The molecule has 1 atom stereocenters. The zero-order valence-electron chi connectivity index (χ0n) is 20.4. The highest BCUT2D eigenvalue weighted by Gasteiger charge is 2.51. The lowest BCUT2D eigenvalue weighted by Crippen LogP contribution is -2.53. The van der Waals surface area contributed by atoms with E-state index in [0.29, 0.717) is 22.9 Å². The molecule has 2 aromatic heterocycles. The fourth-order valence-corrected chi connectivity index (χ4v) is 6.85. The summed E-state index contributed by atoms with van der Waals surface area (Å²) >= 11 is 0. The highest BCUT2D eigenvalue weighted by Crippen LogP contribution is 2.47. The van der Waals surface area contributed by atoms with Crippen LogP contribution in [0.4, 0.5) is 13.2 Å². The Labute approximate surface area is 222 Å². The van der Waals surface area contributed by atoms with Gasteiger partial charge in [-0.1, -0.05) is 11.6 Å². The van der Waals surface area contributed by atoms with E-state index in [4.69, 9.17) is 0 Å². The summed E-state index contributed by atoms with van der Waals surface area (Å²) in [6, 6.07) is 13.2. The van der Waals surface area contributed by atoms with Crippen LogP contribution in [-0.4, -0.2) is 46.4 Å². The van der Waals surface area contributed by atoms with Crippen LogP contribution < -0.4 is 0 Å².